The Morgan fingerprint density at radius 3 is 2.27 bits per heavy atom. The van der Waals surface area contributed by atoms with E-state index in [1.54, 1.807) is 0 Å². The predicted molar refractivity (Wildman–Crippen MR) is 63.2 cm³/mol. The molecular weight excluding hydrogens is 234 g/mol. The van der Waals surface area contributed by atoms with Crippen LogP contribution in [0.2, 0.25) is 0 Å². The summed E-state index contributed by atoms with van der Waals surface area (Å²) in [5.41, 5.74) is 0. The number of hydrogen-bond donors (Lipinski definition) is 0. The molecule has 0 aromatic heterocycles. The number of halogens is 1. The highest BCUT2D eigenvalue weighted by Gasteiger charge is 2.30. The molecule has 1 aliphatic rings. The topological polar surface area (TPSA) is 37.4 Å². The lowest BCUT2D eigenvalue weighted by atomic mass is 10.1. The molecular formula is C10H20ClNO2S. The van der Waals surface area contributed by atoms with Crippen molar-refractivity contribution in [1.29, 1.82) is 0 Å². The molecule has 15 heavy (non-hydrogen) atoms. The SMILES string of the molecule is CC(C)CCN(C1CCCC1)S(=O)(=O)Cl. The molecule has 0 spiro atoms. The zero-order valence-corrected chi connectivity index (χ0v) is 11.0. The van der Waals surface area contributed by atoms with Gasteiger partial charge in [0.1, 0.15) is 0 Å². The standard InChI is InChI=1S/C10H20ClNO2S/c1-9(2)7-8-12(15(11,13)14)10-5-3-4-6-10/h9-10H,3-8H2,1-2H3. The van der Waals surface area contributed by atoms with Gasteiger partial charge in [-0.1, -0.05) is 26.7 Å². The maximum atomic E-state index is 11.4. The summed E-state index contributed by atoms with van der Waals surface area (Å²) in [6.07, 6.45) is 5.04. The van der Waals surface area contributed by atoms with Gasteiger partial charge in [0.05, 0.1) is 0 Å². The highest BCUT2D eigenvalue weighted by molar-refractivity contribution is 8.11. The second kappa shape index (κ2) is 5.51. The third-order valence-electron chi connectivity index (χ3n) is 2.94. The maximum Gasteiger partial charge on any atom is 0.300 e. The molecule has 5 heteroatoms. The summed E-state index contributed by atoms with van der Waals surface area (Å²) in [4.78, 5) is 0. The highest BCUT2D eigenvalue weighted by atomic mass is 35.7. The summed E-state index contributed by atoms with van der Waals surface area (Å²) < 4.78 is 24.3. The van der Waals surface area contributed by atoms with Crippen LogP contribution in [0.3, 0.4) is 0 Å². The molecule has 90 valence electrons. The Hall–Kier alpha value is 0.200. The van der Waals surface area contributed by atoms with Gasteiger partial charge in [0, 0.05) is 23.3 Å². The van der Waals surface area contributed by atoms with Crippen LogP contribution in [0.4, 0.5) is 0 Å². The quantitative estimate of drug-likeness (QED) is 0.707. The Kier molecular flexibility index (Phi) is 4.87. The van der Waals surface area contributed by atoms with Crippen LogP contribution in [-0.2, 0) is 9.24 Å². The normalized spacial score (nSPS) is 19.3. The minimum Gasteiger partial charge on any atom is -0.195 e. The molecule has 0 bridgehead atoms. The van der Waals surface area contributed by atoms with Crippen LogP contribution in [0.25, 0.3) is 0 Å². The van der Waals surface area contributed by atoms with E-state index in [1.165, 1.54) is 4.31 Å². The van der Waals surface area contributed by atoms with E-state index in [9.17, 15) is 8.42 Å². The van der Waals surface area contributed by atoms with Crippen LogP contribution in [0.15, 0.2) is 0 Å². The molecule has 0 aromatic carbocycles. The van der Waals surface area contributed by atoms with Gasteiger partial charge >= 0.3 is 0 Å². The molecule has 0 N–H and O–H groups in total. The molecule has 0 unspecified atom stereocenters. The number of rotatable bonds is 5. The average molecular weight is 254 g/mol. The van der Waals surface area contributed by atoms with Crippen LogP contribution in [0.1, 0.15) is 46.0 Å². The Bertz CT molecular complexity index is 284. The largest absolute Gasteiger partial charge is 0.300 e. The zero-order chi connectivity index (χ0) is 11.5. The van der Waals surface area contributed by atoms with Gasteiger partial charge in [-0.3, -0.25) is 0 Å². The molecule has 0 amide bonds. The molecule has 0 radical (unpaired) electrons. The van der Waals surface area contributed by atoms with Crippen molar-refractivity contribution in [3.63, 3.8) is 0 Å². The van der Waals surface area contributed by atoms with Crippen LogP contribution < -0.4 is 0 Å². The molecule has 0 saturated heterocycles. The van der Waals surface area contributed by atoms with Crippen molar-refractivity contribution in [3.05, 3.63) is 0 Å². The van der Waals surface area contributed by atoms with Crippen LogP contribution in [0, 0.1) is 5.92 Å². The molecule has 1 aliphatic carbocycles. The summed E-state index contributed by atoms with van der Waals surface area (Å²) in [6.45, 7) is 4.75. The first kappa shape index (κ1) is 13.3. The Balaban J connectivity index is 2.61. The second-order valence-electron chi connectivity index (χ2n) is 4.67. The molecule has 1 fully saturated rings. The predicted octanol–water partition coefficient (Wildman–Crippen LogP) is 2.76. The third-order valence-corrected chi connectivity index (χ3v) is 4.51. The fourth-order valence-corrected chi connectivity index (χ4v) is 3.48. The van der Waals surface area contributed by atoms with E-state index < -0.39 is 9.24 Å². The lowest BCUT2D eigenvalue weighted by Gasteiger charge is -2.25. The minimum atomic E-state index is -3.54. The van der Waals surface area contributed by atoms with E-state index in [4.69, 9.17) is 10.7 Å². The molecule has 0 atom stereocenters. The summed E-state index contributed by atoms with van der Waals surface area (Å²) in [5, 5.41) is 0. The van der Waals surface area contributed by atoms with E-state index in [2.05, 4.69) is 13.8 Å². The van der Waals surface area contributed by atoms with Gasteiger partial charge in [0.25, 0.3) is 9.24 Å². The van der Waals surface area contributed by atoms with Crippen molar-refractivity contribution in [3.8, 4) is 0 Å². The monoisotopic (exact) mass is 253 g/mol. The molecule has 3 nitrogen and oxygen atoms in total. The zero-order valence-electron chi connectivity index (χ0n) is 9.45. The number of nitrogens with zero attached hydrogens (tertiary/aromatic N) is 1. The second-order valence-corrected chi connectivity index (χ2v) is 7.14. The van der Waals surface area contributed by atoms with Gasteiger partial charge in [-0.2, -0.15) is 12.7 Å². The van der Waals surface area contributed by atoms with Gasteiger partial charge in [0.2, 0.25) is 0 Å². The molecule has 1 rings (SSSR count). The van der Waals surface area contributed by atoms with Crippen LogP contribution >= 0.6 is 10.7 Å². The molecule has 0 aromatic rings. The summed E-state index contributed by atoms with van der Waals surface area (Å²) >= 11 is 0. The fourth-order valence-electron chi connectivity index (χ4n) is 2.05. The summed E-state index contributed by atoms with van der Waals surface area (Å²) in [5.74, 6) is 0.507. The Labute approximate surface area is 97.3 Å². The van der Waals surface area contributed by atoms with Crippen molar-refractivity contribution in [2.75, 3.05) is 6.54 Å². The smallest absolute Gasteiger partial charge is 0.195 e. The summed E-state index contributed by atoms with van der Waals surface area (Å²) in [7, 11) is 1.92. The van der Waals surface area contributed by atoms with E-state index in [-0.39, 0.29) is 6.04 Å². The van der Waals surface area contributed by atoms with Gasteiger partial charge in [-0.25, -0.2) is 0 Å². The first-order chi connectivity index (χ1) is 6.91. The van der Waals surface area contributed by atoms with Crippen molar-refractivity contribution in [2.24, 2.45) is 5.92 Å². The first-order valence-corrected chi connectivity index (χ1v) is 7.89. The fraction of sp³-hybridized carbons (Fsp3) is 1.00. The van der Waals surface area contributed by atoms with Crippen molar-refractivity contribution in [1.82, 2.24) is 4.31 Å². The Morgan fingerprint density at radius 1 is 1.33 bits per heavy atom. The molecule has 1 saturated carbocycles. The van der Waals surface area contributed by atoms with Crippen LogP contribution in [-0.4, -0.2) is 25.3 Å². The van der Waals surface area contributed by atoms with Gasteiger partial charge in [0.15, 0.2) is 0 Å². The Morgan fingerprint density at radius 2 is 1.87 bits per heavy atom. The average Bonchev–Trinajstić information content (AvgIpc) is 2.54. The van der Waals surface area contributed by atoms with Gasteiger partial charge < -0.3 is 0 Å². The lowest BCUT2D eigenvalue weighted by Crippen LogP contribution is -2.37. The molecule has 0 aliphatic heterocycles. The van der Waals surface area contributed by atoms with Gasteiger partial charge in [-0.05, 0) is 25.2 Å². The van der Waals surface area contributed by atoms with Crippen molar-refractivity contribution in [2.45, 2.75) is 52.0 Å². The summed E-state index contributed by atoms with van der Waals surface area (Å²) in [6, 6.07) is 0.145. The highest BCUT2D eigenvalue weighted by Crippen LogP contribution is 2.27. The van der Waals surface area contributed by atoms with E-state index in [0.717, 1.165) is 32.1 Å². The first-order valence-electron chi connectivity index (χ1n) is 5.62. The lowest BCUT2D eigenvalue weighted by molar-refractivity contribution is 0.310. The van der Waals surface area contributed by atoms with Crippen LogP contribution in [0.5, 0.6) is 0 Å². The maximum absolute atomic E-state index is 11.4. The van der Waals surface area contributed by atoms with E-state index in [1.807, 2.05) is 0 Å². The van der Waals surface area contributed by atoms with Gasteiger partial charge in [-0.15, -0.1) is 0 Å². The van der Waals surface area contributed by atoms with E-state index >= 15 is 0 Å². The third kappa shape index (κ3) is 4.29. The number of hydrogen-bond acceptors (Lipinski definition) is 2. The van der Waals surface area contributed by atoms with Crippen molar-refractivity contribution >= 4 is 19.9 Å². The molecule has 0 heterocycles. The van der Waals surface area contributed by atoms with E-state index in [0.29, 0.717) is 12.5 Å². The minimum absolute atomic E-state index is 0.145. The van der Waals surface area contributed by atoms with Crippen molar-refractivity contribution < 1.29 is 8.42 Å².